The maximum absolute atomic E-state index is 13.7. The van der Waals surface area contributed by atoms with Crippen molar-refractivity contribution >= 4 is 16.7 Å². The molecule has 0 saturated carbocycles. The van der Waals surface area contributed by atoms with Crippen LogP contribution in [-0.2, 0) is 11.3 Å². The van der Waals surface area contributed by atoms with Gasteiger partial charge in [-0.2, -0.15) is 0 Å². The molecular weight excluding hydrogens is 267 g/mol. The van der Waals surface area contributed by atoms with Crippen molar-refractivity contribution in [2.24, 2.45) is 5.73 Å². The zero-order valence-corrected chi connectivity index (χ0v) is 12.1. The lowest BCUT2D eigenvalue weighted by Gasteiger charge is -2.23. The summed E-state index contributed by atoms with van der Waals surface area (Å²) in [7, 11) is 0. The summed E-state index contributed by atoms with van der Waals surface area (Å²) in [4.78, 5) is 13.4. The monoisotopic (exact) mass is 286 g/mol. The Labute approximate surface area is 123 Å². The minimum atomic E-state index is -0.974. The number of nitrogens with two attached hydrogens (primary N) is 1. The van der Waals surface area contributed by atoms with Crippen molar-refractivity contribution in [3.05, 3.63) is 47.5 Å². The van der Waals surface area contributed by atoms with Gasteiger partial charge in [0.25, 0.3) is 0 Å². The highest BCUT2D eigenvalue weighted by molar-refractivity contribution is 5.87. The number of alkyl halides is 1. The summed E-state index contributed by atoms with van der Waals surface area (Å²) in [5.41, 5.74) is 7.71. The van der Waals surface area contributed by atoms with E-state index in [9.17, 15) is 9.18 Å². The van der Waals surface area contributed by atoms with Crippen LogP contribution in [0.3, 0.4) is 0 Å². The summed E-state index contributed by atoms with van der Waals surface area (Å²) >= 11 is 0. The molecule has 1 saturated heterocycles. The summed E-state index contributed by atoms with van der Waals surface area (Å²) < 4.78 is 13.7. The van der Waals surface area contributed by atoms with Crippen LogP contribution in [-0.4, -0.2) is 29.6 Å². The Morgan fingerprint density at radius 1 is 1.33 bits per heavy atom. The SMILES string of the molecule is Cc1ccc2ccccc2c1CN1C[C@H](F)C[C@H]1C(N)=O. The van der Waals surface area contributed by atoms with Crippen LogP contribution in [0.25, 0.3) is 10.8 Å². The number of halogens is 1. The normalized spacial score (nSPS) is 22.8. The Hall–Kier alpha value is -1.94. The van der Waals surface area contributed by atoms with E-state index in [-0.39, 0.29) is 13.0 Å². The summed E-state index contributed by atoms with van der Waals surface area (Å²) in [6.07, 6.45) is -0.767. The van der Waals surface area contributed by atoms with Crippen molar-refractivity contribution in [3.8, 4) is 0 Å². The van der Waals surface area contributed by atoms with Gasteiger partial charge in [0.05, 0.1) is 6.04 Å². The second-order valence-electron chi connectivity index (χ2n) is 5.76. The number of fused-ring (bicyclic) bond motifs is 1. The predicted molar refractivity (Wildman–Crippen MR) is 81.6 cm³/mol. The van der Waals surface area contributed by atoms with Gasteiger partial charge in [-0.25, -0.2) is 4.39 Å². The molecule has 0 aliphatic carbocycles. The Morgan fingerprint density at radius 2 is 2.10 bits per heavy atom. The smallest absolute Gasteiger partial charge is 0.234 e. The Balaban J connectivity index is 1.98. The molecule has 2 aromatic carbocycles. The molecule has 0 radical (unpaired) electrons. The molecule has 1 aliphatic rings. The second-order valence-corrected chi connectivity index (χ2v) is 5.76. The van der Waals surface area contributed by atoms with Gasteiger partial charge in [-0.1, -0.05) is 36.4 Å². The molecule has 2 aromatic rings. The lowest BCUT2D eigenvalue weighted by atomic mass is 9.99. The van der Waals surface area contributed by atoms with E-state index in [4.69, 9.17) is 5.73 Å². The number of carbonyl (C=O) groups excluding carboxylic acids is 1. The first-order valence-corrected chi connectivity index (χ1v) is 7.21. The van der Waals surface area contributed by atoms with Gasteiger partial charge in [0.1, 0.15) is 6.17 Å². The van der Waals surface area contributed by atoms with Gasteiger partial charge in [-0.05, 0) is 28.8 Å². The largest absolute Gasteiger partial charge is 0.368 e. The number of rotatable bonds is 3. The number of hydrogen-bond acceptors (Lipinski definition) is 2. The zero-order valence-electron chi connectivity index (χ0n) is 12.1. The first-order chi connectivity index (χ1) is 10.1. The molecule has 2 N–H and O–H groups in total. The summed E-state index contributed by atoms with van der Waals surface area (Å²) in [6, 6.07) is 11.8. The third-order valence-corrected chi connectivity index (χ3v) is 4.32. The third kappa shape index (κ3) is 2.63. The maximum Gasteiger partial charge on any atom is 0.234 e. The third-order valence-electron chi connectivity index (χ3n) is 4.32. The zero-order chi connectivity index (χ0) is 15.0. The van der Waals surface area contributed by atoms with Gasteiger partial charge in [-0.15, -0.1) is 0 Å². The first-order valence-electron chi connectivity index (χ1n) is 7.21. The van der Waals surface area contributed by atoms with Crippen LogP contribution in [0.5, 0.6) is 0 Å². The molecule has 0 spiro atoms. The minimum absolute atomic E-state index is 0.207. The van der Waals surface area contributed by atoms with Crippen LogP contribution in [0.4, 0.5) is 4.39 Å². The van der Waals surface area contributed by atoms with Crippen LogP contribution in [0.1, 0.15) is 17.5 Å². The van der Waals surface area contributed by atoms with Gasteiger partial charge in [-0.3, -0.25) is 9.69 Å². The highest BCUT2D eigenvalue weighted by atomic mass is 19.1. The van der Waals surface area contributed by atoms with Crippen LogP contribution < -0.4 is 5.73 Å². The number of benzene rings is 2. The van der Waals surface area contributed by atoms with E-state index >= 15 is 0 Å². The van der Waals surface area contributed by atoms with Crippen molar-refractivity contribution in [3.63, 3.8) is 0 Å². The standard InChI is InChI=1S/C17H19FN2O/c1-11-6-7-12-4-2-3-5-14(12)15(11)10-20-9-13(18)8-16(20)17(19)21/h2-7,13,16H,8-10H2,1H3,(H2,19,21)/t13-,16+/m1/s1. The van der Waals surface area contributed by atoms with E-state index in [1.807, 2.05) is 24.0 Å². The molecule has 4 heteroatoms. The van der Waals surface area contributed by atoms with E-state index < -0.39 is 18.1 Å². The predicted octanol–water partition coefficient (Wildman–Crippen LogP) is 2.55. The highest BCUT2D eigenvalue weighted by Gasteiger charge is 2.35. The highest BCUT2D eigenvalue weighted by Crippen LogP contribution is 2.28. The molecule has 1 aliphatic heterocycles. The average molecular weight is 286 g/mol. The summed E-state index contributed by atoms with van der Waals surface area (Å²) in [5, 5.41) is 2.31. The Kier molecular flexibility index (Phi) is 3.64. The van der Waals surface area contributed by atoms with E-state index in [1.54, 1.807) is 0 Å². The number of aryl methyl sites for hydroxylation is 1. The van der Waals surface area contributed by atoms with E-state index in [2.05, 4.69) is 24.3 Å². The molecule has 1 heterocycles. The van der Waals surface area contributed by atoms with Gasteiger partial charge < -0.3 is 5.73 Å². The molecular formula is C17H19FN2O. The molecule has 21 heavy (non-hydrogen) atoms. The van der Waals surface area contributed by atoms with Crippen LogP contribution in [0.15, 0.2) is 36.4 Å². The van der Waals surface area contributed by atoms with Crippen molar-refractivity contribution in [1.29, 1.82) is 0 Å². The number of nitrogens with zero attached hydrogens (tertiary/aromatic N) is 1. The molecule has 110 valence electrons. The second kappa shape index (κ2) is 5.45. The minimum Gasteiger partial charge on any atom is -0.368 e. The lowest BCUT2D eigenvalue weighted by Crippen LogP contribution is -2.39. The van der Waals surface area contributed by atoms with Crippen molar-refractivity contribution < 1.29 is 9.18 Å². The maximum atomic E-state index is 13.7. The van der Waals surface area contributed by atoms with Crippen LogP contribution in [0, 0.1) is 6.92 Å². The number of primary amides is 1. The average Bonchev–Trinajstić information content (AvgIpc) is 2.83. The fraction of sp³-hybridized carbons (Fsp3) is 0.353. The fourth-order valence-electron chi connectivity index (χ4n) is 3.18. The number of likely N-dealkylation sites (tertiary alicyclic amines) is 1. The van der Waals surface area contributed by atoms with Crippen molar-refractivity contribution in [2.75, 3.05) is 6.54 Å². The van der Waals surface area contributed by atoms with Gasteiger partial charge in [0.2, 0.25) is 5.91 Å². The molecule has 2 atom stereocenters. The molecule has 0 aromatic heterocycles. The molecule has 0 bridgehead atoms. The molecule has 3 nitrogen and oxygen atoms in total. The number of amides is 1. The van der Waals surface area contributed by atoms with Gasteiger partial charge in [0.15, 0.2) is 0 Å². The Bertz CT molecular complexity index is 686. The molecule has 3 rings (SSSR count). The quantitative estimate of drug-likeness (QED) is 0.942. The van der Waals surface area contributed by atoms with E-state index in [0.717, 1.165) is 21.9 Å². The topological polar surface area (TPSA) is 46.3 Å². The van der Waals surface area contributed by atoms with Crippen molar-refractivity contribution in [2.45, 2.75) is 32.1 Å². The molecule has 1 amide bonds. The van der Waals surface area contributed by atoms with Gasteiger partial charge in [0, 0.05) is 19.5 Å². The lowest BCUT2D eigenvalue weighted by molar-refractivity contribution is -0.122. The van der Waals surface area contributed by atoms with E-state index in [0.29, 0.717) is 6.54 Å². The summed E-state index contributed by atoms with van der Waals surface area (Å²) in [5.74, 6) is -0.437. The van der Waals surface area contributed by atoms with Gasteiger partial charge >= 0.3 is 0 Å². The Morgan fingerprint density at radius 3 is 2.86 bits per heavy atom. The molecule has 0 unspecified atom stereocenters. The van der Waals surface area contributed by atoms with E-state index in [1.165, 1.54) is 0 Å². The number of hydrogen-bond donors (Lipinski definition) is 1. The summed E-state index contributed by atoms with van der Waals surface area (Å²) in [6.45, 7) is 2.88. The van der Waals surface area contributed by atoms with Crippen LogP contribution >= 0.6 is 0 Å². The fourth-order valence-corrected chi connectivity index (χ4v) is 3.18. The van der Waals surface area contributed by atoms with Crippen LogP contribution in [0.2, 0.25) is 0 Å². The van der Waals surface area contributed by atoms with Crippen molar-refractivity contribution in [1.82, 2.24) is 4.90 Å². The number of carbonyl (C=O) groups is 1. The molecule has 1 fully saturated rings. The first kappa shape index (κ1) is 14.0.